The first-order chi connectivity index (χ1) is 9.52. The Bertz CT molecular complexity index is 392. The molecule has 1 aromatic rings. The highest BCUT2D eigenvalue weighted by Gasteiger charge is 2.06. The van der Waals surface area contributed by atoms with Crippen LogP contribution in [0.1, 0.15) is 19.4 Å². The predicted octanol–water partition coefficient (Wildman–Crippen LogP) is 2.38. The van der Waals surface area contributed by atoms with Crippen LogP contribution in [0.3, 0.4) is 0 Å². The molecule has 0 aliphatic heterocycles. The van der Waals surface area contributed by atoms with Crippen molar-refractivity contribution in [2.75, 3.05) is 40.9 Å². The van der Waals surface area contributed by atoms with Crippen molar-refractivity contribution in [2.24, 2.45) is 5.92 Å². The summed E-state index contributed by atoms with van der Waals surface area (Å²) in [6, 6.07) is 6.11. The molecule has 1 rings (SSSR count). The molecular weight excluding hydrogens is 252 g/mol. The number of hydrogen-bond acceptors (Lipinski definition) is 4. The first-order valence-corrected chi connectivity index (χ1v) is 7.18. The molecule has 0 fully saturated rings. The van der Waals surface area contributed by atoms with E-state index in [1.807, 2.05) is 26.2 Å². The van der Waals surface area contributed by atoms with Gasteiger partial charge in [-0.05, 0) is 44.3 Å². The molecular formula is C16H28N2O2. The zero-order valence-corrected chi connectivity index (χ0v) is 13.4. The Balaban J connectivity index is 2.56. The van der Waals surface area contributed by atoms with Gasteiger partial charge in [-0.2, -0.15) is 0 Å². The van der Waals surface area contributed by atoms with E-state index in [-0.39, 0.29) is 0 Å². The first kappa shape index (κ1) is 16.8. The summed E-state index contributed by atoms with van der Waals surface area (Å²) in [5.41, 5.74) is 1.21. The summed E-state index contributed by atoms with van der Waals surface area (Å²) in [4.78, 5) is 2.09. The van der Waals surface area contributed by atoms with E-state index in [1.54, 1.807) is 7.11 Å². The third kappa shape index (κ3) is 6.26. The number of methoxy groups -OCH3 is 1. The van der Waals surface area contributed by atoms with Crippen molar-refractivity contribution in [3.8, 4) is 11.5 Å². The fourth-order valence-corrected chi connectivity index (χ4v) is 1.78. The molecule has 0 atom stereocenters. The van der Waals surface area contributed by atoms with Gasteiger partial charge in [0, 0.05) is 13.1 Å². The van der Waals surface area contributed by atoms with Crippen LogP contribution in [0.15, 0.2) is 18.2 Å². The van der Waals surface area contributed by atoms with E-state index in [0.717, 1.165) is 31.1 Å². The Morgan fingerprint density at radius 3 is 2.55 bits per heavy atom. The van der Waals surface area contributed by atoms with Crippen LogP contribution in [0.2, 0.25) is 0 Å². The summed E-state index contributed by atoms with van der Waals surface area (Å²) in [5.74, 6) is 2.26. The van der Waals surface area contributed by atoms with Crippen LogP contribution < -0.4 is 14.8 Å². The Hall–Kier alpha value is -1.26. The SMILES string of the molecule is COc1cc(CNCC(C)C)ccc1OCCN(C)C. The number of nitrogens with zero attached hydrogens (tertiary/aromatic N) is 1. The molecule has 0 spiro atoms. The van der Waals surface area contributed by atoms with Gasteiger partial charge in [0.05, 0.1) is 7.11 Å². The highest BCUT2D eigenvalue weighted by molar-refractivity contribution is 5.42. The van der Waals surface area contributed by atoms with Gasteiger partial charge in [-0.15, -0.1) is 0 Å². The summed E-state index contributed by atoms with van der Waals surface area (Å²) < 4.78 is 11.2. The molecule has 1 aromatic carbocycles. The second kappa shape index (κ2) is 8.82. The van der Waals surface area contributed by atoms with Gasteiger partial charge in [0.25, 0.3) is 0 Å². The predicted molar refractivity (Wildman–Crippen MR) is 83.6 cm³/mol. The highest BCUT2D eigenvalue weighted by atomic mass is 16.5. The monoisotopic (exact) mass is 280 g/mol. The van der Waals surface area contributed by atoms with Gasteiger partial charge in [-0.25, -0.2) is 0 Å². The number of nitrogens with one attached hydrogen (secondary N) is 1. The Morgan fingerprint density at radius 2 is 1.95 bits per heavy atom. The summed E-state index contributed by atoms with van der Waals surface area (Å²) in [6.45, 7) is 7.83. The van der Waals surface area contributed by atoms with Crippen molar-refractivity contribution in [2.45, 2.75) is 20.4 Å². The lowest BCUT2D eigenvalue weighted by atomic mass is 10.2. The summed E-state index contributed by atoms with van der Waals surface area (Å²) in [5, 5.41) is 3.43. The van der Waals surface area contributed by atoms with Crippen molar-refractivity contribution in [3.05, 3.63) is 23.8 Å². The Morgan fingerprint density at radius 1 is 1.20 bits per heavy atom. The number of rotatable bonds is 9. The van der Waals surface area contributed by atoms with Crippen LogP contribution in [-0.2, 0) is 6.54 Å². The van der Waals surface area contributed by atoms with Gasteiger partial charge < -0.3 is 19.7 Å². The molecule has 1 N–H and O–H groups in total. The zero-order chi connectivity index (χ0) is 15.0. The minimum atomic E-state index is 0.658. The molecule has 0 bridgehead atoms. The van der Waals surface area contributed by atoms with E-state index in [2.05, 4.69) is 30.1 Å². The largest absolute Gasteiger partial charge is 0.493 e. The maximum Gasteiger partial charge on any atom is 0.161 e. The van der Waals surface area contributed by atoms with Gasteiger partial charge in [-0.1, -0.05) is 19.9 Å². The highest BCUT2D eigenvalue weighted by Crippen LogP contribution is 2.28. The van der Waals surface area contributed by atoms with E-state index in [4.69, 9.17) is 9.47 Å². The molecule has 0 aliphatic rings. The van der Waals surface area contributed by atoms with Gasteiger partial charge in [0.15, 0.2) is 11.5 Å². The lowest BCUT2D eigenvalue weighted by Crippen LogP contribution is -2.20. The Labute approximate surface area is 123 Å². The quantitative estimate of drug-likeness (QED) is 0.753. The molecule has 0 aromatic heterocycles. The third-order valence-electron chi connectivity index (χ3n) is 2.91. The van der Waals surface area contributed by atoms with Crippen molar-refractivity contribution in [3.63, 3.8) is 0 Å². The van der Waals surface area contributed by atoms with E-state index >= 15 is 0 Å². The van der Waals surface area contributed by atoms with Gasteiger partial charge in [-0.3, -0.25) is 0 Å². The normalized spacial score (nSPS) is 11.2. The van der Waals surface area contributed by atoms with E-state index < -0.39 is 0 Å². The van der Waals surface area contributed by atoms with Crippen LogP contribution in [0.25, 0.3) is 0 Å². The van der Waals surface area contributed by atoms with Crippen molar-refractivity contribution in [1.29, 1.82) is 0 Å². The molecule has 0 unspecified atom stereocenters. The van der Waals surface area contributed by atoms with Crippen LogP contribution >= 0.6 is 0 Å². The zero-order valence-electron chi connectivity index (χ0n) is 13.4. The average Bonchev–Trinajstić information content (AvgIpc) is 2.39. The van der Waals surface area contributed by atoms with Crippen LogP contribution in [0, 0.1) is 5.92 Å². The molecule has 0 saturated heterocycles. The fraction of sp³-hybridized carbons (Fsp3) is 0.625. The lowest BCUT2D eigenvalue weighted by Gasteiger charge is -2.15. The minimum Gasteiger partial charge on any atom is -0.493 e. The molecule has 0 aliphatic carbocycles. The van der Waals surface area contributed by atoms with E-state index in [1.165, 1.54) is 5.56 Å². The minimum absolute atomic E-state index is 0.658. The molecule has 20 heavy (non-hydrogen) atoms. The summed E-state index contributed by atoms with van der Waals surface area (Å²) >= 11 is 0. The van der Waals surface area contributed by atoms with Gasteiger partial charge in [0.2, 0.25) is 0 Å². The first-order valence-electron chi connectivity index (χ1n) is 7.18. The fourth-order valence-electron chi connectivity index (χ4n) is 1.78. The Kier molecular flexibility index (Phi) is 7.41. The van der Waals surface area contributed by atoms with Gasteiger partial charge >= 0.3 is 0 Å². The number of hydrogen-bond donors (Lipinski definition) is 1. The van der Waals surface area contributed by atoms with Gasteiger partial charge in [0.1, 0.15) is 6.61 Å². The molecule has 0 heterocycles. The average molecular weight is 280 g/mol. The second-order valence-electron chi connectivity index (χ2n) is 5.66. The van der Waals surface area contributed by atoms with Crippen LogP contribution in [0.5, 0.6) is 11.5 Å². The van der Waals surface area contributed by atoms with Crippen molar-refractivity contribution >= 4 is 0 Å². The molecule has 4 nitrogen and oxygen atoms in total. The smallest absolute Gasteiger partial charge is 0.161 e. The molecule has 4 heteroatoms. The summed E-state index contributed by atoms with van der Waals surface area (Å²) in [7, 11) is 5.74. The van der Waals surface area contributed by atoms with Crippen molar-refractivity contribution in [1.82, 2.24) is 10.2 Å². The summed E-state index contributed by atoms with van der Waals surface area (Å²) in [6.07, 6.45) is 0. The standard InChI is InChI=1S/C16H28N2O2/c1-13(2)11-17-12-14-6-7-15(16(10-14)19-5)20-9-8-18(3)4/h6-7,10,13,17H,8-9,11-12H2,1-5H3. The van der Waals surface area contributed by atoms with Crippen LogP contribution in [-0.4, -0.2) is 45.8 Å². The van der Waals surface area contributed by atoms with E-state index in [9.17, 15) is 0 Å². The molecule has 0 amide bonds. The maximum absolute atomic E-state index is 5.75. The molecule has 114 valence electrons. The second-order valence-corrected chi connectivity index (χ2v) is 5.66. The molecule has 0 saturated carbocycles. The topological polar surface area (TPSA) is 33.7 Å². The van der Waals surface area contributed by atoms with Crippen molar-refractivity contribution < 1.29 is 9.47 Å². The maximum atomic E-state index is 5.75. The number of likely N-dealkylation sites (N-methyl/N-ethyl adjacent to an activating group) is 1. The van der Waals surface area contributed by atoms with E-state index in [0.29, 0.717) is 12.5 Å². The van der Waals surface area contributed by atoms with Crippen LogP contribution in [0.4, 0.5) is 0 Å². The lowest BCUT2D eigenvalue weighted by molar-refractivity contribution is 0.250. The molecule has 0 radical (unpaired) electrons. The number of ether oxygens (including phenoxy) is 2. The number of benzene rings is 1. The third-order valence-corrected chi connectivity index (χ3v) is 2.91.